The minimum atomic E-state index is -4.38. The van der Waals surface area contributed by atoms with Gasteiger partial charge in [0.2, 0.25) is 0 Å². The van der Waals surface area contributed by atoms with E-state index in [2.05, 4.69) is 109 Å². The zero-order valence-electron chi connectivity index (χ0n) is 24.8. The lowest BCUT2D eigenvalue weighted by Gasteiger charge is -2.29. The number of hydrogen-bond acceptors (Lipinski definition) is 2. The van der Waals surface area contributed by atoms with Crippen molar-refractivity contribution >= 4 is 28.6 Å². The molecule has 0 amide bonds. The predicted molar refractivity (Wildman–Crippen MR) is 179 cm³/mol. The molecule has 0 spiro atoms. The van der Waals surface area contributed by atoms with E-state index in [1.54, 1.807) is 0 Å². The number of nitrogens with zero attached hydrogens (tertiary/aromatic N) is 1. The van der Waals surface area contributed by atoms with Crippen molar-refractivity contribution in [1.29, 1.82) is 0 Å². The number of rotatable bonds is 12. The van der Waals surface area contributed by atoms with Crippen LogP contribution in [0.4, 0.5) is 13.2 Å². The van der Waals surface area contributed by atoms with E-state index in [0.717, 1.165) is 37.2 Å². The Hall–Kier alpha value is -4.05. The van der Waals surface area contributed by atoms with Crippen molar-refractivity contribution in [2.75, 3.05) is 20.1 Å². The topological polar surface area (TPSA) is 12.5 Å². The molecule has 0 aromatic heterocycles. The molecule has 5 rings (SSSR count). The molecule has 1 atom stereocenters. The summed E-state index contributed by atoms with van der Waals surface area (Å²) >= 11 is 0. The van der Waals surface area contributed by atoms with Crippen LogP contribution in [0.2, 0.25) is 0 Å². The lowest BCUT2D eigenvalue weighted by Crippen LogP contribution is -2.28. The van der Waals surface area contributed by atoms with E-state index < -0.39 is 18.6 Å². The van der Waals surface area contributed by atoms with Gasteiger partial charge < -0.3 is 9.64 Å². The van der Waals surface area contributed by atoms with Crippen molar-refractivity contribution < 1.29 is 17.9 Å². The van der Waals surface area contributed by atoms with E-state index in [4.69, 9.17) is 4.74 Å². The fraction of sp³-hybridized carbons (Fsp3) is 0.184. The average Bonchev–Trinajstić information content (AvgIpc) is 3.06. The summed E-state index contributed by atoms with van der Waals surface area (Å²) in [5.41, 5.74) is 0.312. The van der Waals surface area contributed by atoms with Gasteiger partial charge >= 0.3 is 6.18 Å². The quantitative estimate of drug-likeness (QED) is 0.132. The smallest absolute Gasteiger partial charge is 0.416 e. The van der Waals surface area contributed by atoms with E-state index in [1.165, 1.54) is 28.0 Å². The van der Waals surface area contributed by atoms with E-state index in [9.17, 15) is 13.2 Å². The van der Waals surface area contributed by atoms with Crippen molar-refractivity contribution in [3.8, 4) is 5.75 Å². The first-order valence-electron chi connectivity index (χ1n) is 14.8. The Morgan fingerprint density at radius 2 is 1.09 bits per heavy atom. The van der Waals surface area contributed by atoms with Crippen LogP contribution >= 0.6 is 6.89 Å². The van der Waals surface area contributed by atoms with Gasteiger partial charge in [-0.2, -0.15) is 13.2 Å². The number of alkyl halides is 3. The summed E-state index contributed by atoms with van der Waals surface area (Å²) in [6.07, 6.45) is -3.08. The molecule has 0 aliphatic carbocycles. The Morgan fingerprint density at radius 1 is 0.636 bits per heavy atom. The van der Waals surface area contributed by atoms with Gasteiger partial charge in [-0.1, -0.05) is 127 Å². The van der Waals surface area contributed by atoms with Crippen LogP contribution in [-0.2, 0) is 6.18 Å². The molecule has 0 fully saturated rings. The number of benzene rings is 5. The number of hydrogen-bond donors (Lipinski definition) is 0. The molecular formula is C38H37F3NOP. The second-order valence-corrected chi connectivity index (χ2v) is 14.2. The van der Waals surface area contributed by atoms with E-state index in [-0.39, 0.29) is 6.10 Å². The van der Waals surface area contributed by atoms with Gasteiger partial charge in [0.15, 0.2) is 0 Å². The fourth-order valence-corrected chi connectivity index (χ4v) is 9.48. The molecule has 5 aromatic carbocycles. The summed E-state index contributed by atoms with van der Waals surface area (Å²) in [5, 5.41) is 3.98. The molecule has 5 aromatic rings. The predicted octanol–water partition coefficient (Wildman–Crippen LogP) is 8.33. The van der Waals surface area contributed by atoms with Gasteiger partial charge in [0, 0.05) is 19.5 Å². The SMILES string of the molecule is CN(CCC=P(c1ccccc1)(c1ccccc1)c1ccccc1)CCC(Oc1ccc(C(F)(F)F)cc1)c1ccccc1. The van der Waals surface area contributed by atoms with E-state index >= 15 is 0 Å². The largest absolute Gasteiger partial charge is 0.486 e. The van der Waals surface area contributed by atoms with Gasteiger partial charge in [-0.05, 0) is 66.1 Å². The maximum atomic E-state index is 13.1. The van der Waals surface area contributed by atoms with E-state index in [0.29, 0.717) is 12.2 Å². The molecule has 1 unspecified atom stereocenters. The molecule has 0 saturated heterocycles. The molecule has 0 N–H and O–H groups in total. The van der Waals surface area contributed by atoms with Crippen LogP contribution in [0, 0.1) is 0 Å². The Bertz CT molecular complexity index is 1520. The standard InChI is InChI=1S/C38H37F3NOP/c1-42(29-27-37(31-15-6-2-7-16-31)43-33-25-23-32(24-26-33)38(39,40)41)28-14-30-44(34-17-8-3-9-18-34,35-19-10-4-11-20-35)36-21-12-5-13-22-36/h2-13,15-26,30,37H,14,27-29H2,1H3. The third kappa shape index (κ3) is 7.72. The first-order valence-corrected chi connectivity index (χ1v) is 16.7. The zero-order valence-corrected chi connectivity index (χ0v) is 25.7. The first kappa shape index (κ1) is 31.4. The first-order chi connectivity index (χ1) is 21.4. The summed E-state index contributed by atoms with van der Waals surface area (Å²) in [6.45, 7) is -0.391. The van der Waals surface area contributed by atoms with Crippen LogP contribution in [0.3, 0.4) is 0 Å². The highest BCUT2D eigenvalue weighted by molar-refractivity contribution is 7.94. The molecule has 0 aliphatic heterocycles. The van der Waals surface area contributed by atoms with Gasteiger partial charge in [-0.15, -0.1) is 0 Å². The number of ether oxygens (including phenoxy) is 1. The van der Waals surface area contributed by atoms with Crippen molar-refractivity contribution in [3.05, 3.63) is 157 Å². The van der Waals surface area contributed by atoms with Crippen LogP contribution in [0.25, 0.3) is 0 Å². The van der Waals surface area contributed by atoms with Crippen LogP contribution < -0.4 is 20.7 Å². The minimum Gasteiger partial charge on any atom is -0.486 e. The summed E-state index contributed by atoms with van der Waals surface area (Å²) in [6, 6.07) is 47.2. The monoisotopic (exact) mass is 611 g/mol. The third-order valence-corrected chi connectivity index (χ3v) is 12.0. The van der Waals surface area contributed by atoms with Crippen molar-refractivity contribution in [1.82, 2.24) is 4.90 Å². The summed E-state index contributed by atoms with van der Waals surface area (Å²) in [7, 11) is 2.11. The minimum absolute atomic E-state index is 0.288. The van der Waals surface area contributed by atoms with Crippen LogP contribution in [0.5, 0.6) is 5.75 Å². The maximum Gasteiger partial charge on any atom is 0.416 e. The van der Waals surface area contributed by atoms with Gasteiger partial charge in [0.1, 0.15) is 11.9 Å². The normalized spacial score (nSPS) is 12.6. The van der Waals surface area contributed by atoms with Crippen molar-refractivity contribution in [2.45, 2.75) is 25.1 Å². The fourth-order valence-electron chi connectivity index (χ4n) is 5.52. The van der Waals surface area contributed by atoms with Crippen LogP contribution in [0.1, 0.15) is 30.1 Å². The van der Waals surface area contributed by atoms with Gasteiger partial charge in [0.05, 0.1) is 5.56 Å². The zero-order chi connectivity index (χ0) is 30.8. The highest BCUT2D eigenvalue weighted by Crippen LogP contribution is 2.44. The highest BCUT2D eigenvalue weighted by Gasteiger charge is 2.30. The van der Waals surface area contributed by atoms with Crippen LogP contribution in [0.15, 0.2) is 146 Å². The molecule has 6 heteroatoms. The molecule has 0 radical (unpaired) electrons. The maximum absolute atomic E-state index is 13.1. The summed E-state index contributed by atoms with van der Waals surface area (Å²) < 4.78 is 45.5. The van der Waals surface area contributed by atoms with Crippen molar-refractivity contribution in [2.24, 2.45) is 0 Å². The summed E-state index contributed by atoms with van der Waals surface area (Å²) in [4.78, 5) is 2.30. The molecular weight excluding hydrogens is 574 g/mol. The Balaban J connectivity index is 1.35. The molecule has 0 aliphatic rings. The average molecular weight is 612 g/mol. The Kier molecular flexibility index (Phi) is 10.4. The molecule has 0 heterocycles. The lowest BCUT2D eigenvalue weighted by atomic mass is 10.1. The summed E-state index contributed by atoms with van der Waals surface area (Å²) in [5.74, 6) is 2.96. The second-order valence-electron chi connectivity index (χ2n) is 10.8. The highest BCUT2D eigenvalue weighted by atomic mass is 31.2. The molecule has 0 saturated carbocycles. The van der Waals surface area contributed by atoms with Gasteiger partial charge in [-0.3, -0.25) is 0 Å². The molecule has 44 heavy (non-hydrogen) atoms. The van der Waals surface area contributed by atoms with Crippen molar-refractivity contribution in [3.63, 3.8) is 0 Å². The van der Waals surface area contributed by atoms with Gasteiger partial charge in [0.25, 0.3) is 0 Å². The van der Waals surface area contributed by atoms with Gasteiger partial charge in [-0.25, -0.2) is 0 Å². The number of halogens is 3. The third-order valence-electron chi connectivity index (χ3n) is 7.81. The Morgan fingerprint density at radius 3 is 1.55 bits per heavy atom. The molecule has 2 nitrogen and oxygen atoms in total. The lowest BCUT2D eigenvalue weighted by molar-refractivity contribution is -0.137. The molecule has 0 bridgehead atoms. The van der Waals surface area contributed by atoms with Crippen LogP contribution in [-0.4, -0.2) is 30.8 Å². The Labute approximate surface area is 258 Å². The van der Waals surface area contributed by atoms with E-state index in [1.807, 2.05) is 30.3 Å². The second kappa shape index (κ2) is 14.6. The molecule has 226 valence electrons.